The van der Waals surface area contributed by atoms with Crippen LogP contribution in [0, 0.1) is 6.92 Å². The van der Waals surface area contributed by atoms with E-state index in [1.807, 2.05) is 54.3 Å². The van der Waals surface area contributed by atoms with Gasteiger partial charge in [-0.1, -0.05) is 0 Å². The number of hydrogen-bond acceptors (Lipinski definition) is 4. The van der Waals surface area contributed by atoms with Crippen LogP contribution in [0.5, 0.6) is 11.5 Å². The molecule has 0 radical (unpaired) electrons. The number of benzene rings is 2. The van der Waals surface area contributed by atoms with Crippen LogP contribution in [0.25, 0.3) is 11.0 Å². The summed E-state index contributed by atoms with van der Waals surface area (Å²) in [5.74, 6) is 2.56. The zero-order valence-corrected chi connectivity index (χ0v) is 15.6. The molecule has 3 aromatic rings. The van der Waals surface area contributed by atoms with Gasteiger partial charge in [0.05, 0.1) is 18.1 Å². The third kappa shape index (κ3) is 3.74. The number of carbonyl (C=O) groups is 1. The molecule has 1 N–H and O–H groups in total. The van der Waals surface area contributed by atoms with E-state index in [1.165, 1.54) is 0 Å². The lowest BCUT2D eigenvalue weighted by molar-refractivity contribution is 0.0595. The lowest BCUT2D eigenvalue weighted by atomic mass is 10.1. The summed E-state index contributed by atoms with van der Waals surface area (Å²) in [7, 11) is 1.65. The highest BCUT2D eigenvalue weighted by Gasteiger charge is 2.25. The van der Waals surface area contributed by atoms with E-state index in [4.69, 9.17) is 9.47 Å². The molecule has 0 bridgehead atoms. The Morgan fingerprint density at radius 1 is 1.11 bits per heavy atom. The number of aryl methyl sites for hydroxylation is 1. The van der Waals surface area contributed by atoms with E-state index >= 15 is 0 Å². The maximum atomic E-state index is 12.8. The number of aromatic nitrogens is 2. The van der Waals surface area contributed by atoms with Crippen LogP contribution >= 0.6 is 0 Å². The number of likely N-dealkylation sites (tertiary alicyclic amines) is 1. The van der Waals surface area contributed by atoms with E-state index in [9.17, 15) is 4.79 Å². The third-order valence-corrected chi connectivity index (χ3v) is 4.94. The number of hydrogen-bond donors (Lipinski definition) is 1. The van der Waals surface area contributed by atoms with E-state index in [-0.39, 0.29) is 12.0 Å². The molecule has 0 unspecified atom stereocenters. The molecule has 6 nitrogen and oxygen atoms in total. The highest BCUT2D eigenvalue weighted by molar-refractivity contribution is 5.97. The molecule has 1 aliphatic rings. The van der Waals surface area contributed by atoms with Gasteiger partial charge in [0.25, 0.3) is 5.91 Å². The molecule has 2 aromatic carbocycles. The number of nitrogens with one attached hydrogen (secondary N) is 1. The quantitative estimate of drug-likeness (QED) is 0.768. The van der Waals surface area contributed by atoms with Crippen LogP contribution < -0.4 is 9.47 Å². The van der Waals surface area contributed by atoms with Gasteiger partial charge in [0.2, 0.25) is 0 Å². The van der Waals surface area contributed by atoms with Gasteiger partial charge in [-0.25, -0.2) is 4.98 Å². The standard InChI is InChI=1S/C21H23N3O3/c1-14-22-19-8-3-15(13-20(19)23-14)21(25)24-11-9-18(10-12-24)27-17-6-4-16(26-2)5-7-17/h3-8,13,18H,9-12H2,1-2H3,(H,22,23). The summed E-state index contributed by atoms with van der Waals surface area (Å²) in [6, 6.07) is 13.2. The fourth-order valence-corrected chi connectivity index (χ4v) is 3.48. The van der Waals surface area contributed by atoms with Crippen LogP contribution in [0.1, 0.15) is 29.0 Å². The number of fused-ring (bicyclic) bond motifs is 1. The molecule has 1 aliphatic heterocycles. The van der Waals surface area contributed by atoms with E-state index in [0.717, 1.165) is 41.2 Å². The van der Waals surface area contributed by atoms with Crippen molar-refractivity contribution in [3.63, 3.8) is 0 Å². The van der Waals surface area contributed by atoms with Crippen LogP contribution in [-0.4, -0.2) is 47.1 Å². The normalized spacial score (nSPS) is 15.1. The molecule has 0 aliphatic carbocycles. The minimum absolute atomic E-state index is 0.0621. The van der Waals surface area contributed by atoms with Gasteiger partial charge in [-0.3, -0.25) is 4.79 Å². The average molecular weight is 365 g/mol. The summed E-state index contributed by atoms with van der Waals surface area (Å²) in [6.07, 6.45) is 1.77. The number of aromatic amines is 1. The molecule has 1 amide bonds. The molecule has 2 heterocycles. The van der Waals surface area contributed by atoms with E-state index in [2.05, 4.69) is 9.97 Å². The van der Waals surface area contributed by atoms with E-state index < -0.39 is 0 Å². The minimum atomic E-state index is 0.0621. The molecule has 27 heavy (non-hydrogen) atoms. The maximum Gasteiger partial charge on any atom is 0.253 e. The van der Waals surface area contributed by atoms with Crippen LogP contribution in [0.4, 0.5) is 0 Å². The monoisotopic (exact) mass is 365 g/mol. The number of amides is 1. The van der Waals surface area contributed by atoms with Gasteiger partial charge in [-0.05, 0) is 49.4 Å². The van der Waals surface area contributed by atoms with E-state index in [0.29, 0.717) is 18.7 Å². The zero-order valence-electron chi connectivity index (χ0n) is 15.6. The number of H-pyrrole nitrogens is 1. The lowest BCUT2D eigenvalue weighted by Gasteiger charge is -2.32. The Kier molecular flexibility index (Phi) is 4.71. The Labute approximate surface area is 158 Å². The summed E-state index contributed by atoms with van der Waals surface area (Å²) in [5.41, 5.74) is 2.48. The molecule has 4 rings (SSSR count). The molecular weight excluding hydrogens is 342 g/mol. The Bertz CT molecular complexity index is 941. The third-order valence-electron chi connectivity index (χ3n) is 4.94. The first-order valence-corrected chi connectivity index (χ1v) is 9.19. The number of nitrogens with zero attached hydrogens (tertiary/aromatic N) is 2. The number of imidazole rings is 1. The fourth-order valence-electron chi connectivity index (χ4n) is 3.48. The number of piperidine rings is 1. The van der Waals surface area contributed by atoms with Crippen molar-refractivity contribution in [2.75, 3.05) is 20.2 Å². The Morgan fingerprint density at radius 2 is 1.81 bits per heavy atom. The van der Waals surface area contributed by atoms with Gasteiger partial charge < -0.3 is 19.4 Å². The summed E-state index contributed by atoms with van der Waals surface area (Å²) in [5, 5.41) is 0. The molecule has 1 saturated heterocycles. The number of ether oxygens (including phenoxy) is 2. The van der Waals surface area contributed by atoms with Gasteiger partial charge in [0, 0.05) is 31.5 Å². The van der Waals surface area contributed by atoms with Crippen LogP contribution in [0.15, 0.2) is 42.5 Å². The second-order valence-electron chi connectivity index (χ2n) is 6.84. The van der Waals surface area contributed by atoms with Gasteiger partial charge in [0.15, 0.2) is 0 Å². The van der Waals surface area contributed by atoms with Crippen LogP contribution in [0.3, 0.4) is 0 Å². The second-order valence-corrected chi connectivity index (χ2v) is 6.84. The lowest BCUT2D eigenvalue weighted by Crippen LogP contribution is -2.41. The molecule has 140 valence electrons. The molecular formula is C21H23N3O3. The largest absolute Gasteiger partial charge is 0.497 e. The van der Waals surface area contributed by atoms with Crippen molar-refractivity contribution in [1.29, 1.82) is 0 Å². The van der Waals surface area contributed by atoms with Crippen molar-refractivity contribution in [3.8, 4) is 11.5 Å². The average Bonchev–Trinajstić information content (AvgIpc) is 3.08. The van der Waals surface area contributed by atoms with Gasteiger partial charge in [-0.15, -0.1) is 0 Å². The number of rotatable bonds is 4. The molecule has 6 heteroatoms. The predicted molar refractivity (Wildman–Crippen MR) is 103 cm³/mol. The van der Waals surface area contributed by atoms with Crippen molar-refractivity contribution in [1.82, 2.24) is 14.9 Å². The van der Waals surface area contributed by atoms with Crippen LogP contribution in [-0.2, 0) is 0 Å². The zero-order chi connectivity index (χ0) is 18.8. The second kappa shape index (κ2) is 7.31. The Balaban J connectivity index is 1.36. The fraction of sp³-hybridized carbons (Fsp3) is 0.333. The van der Waals surface area contributed by atoms with Crippen molar-refractivity contribution >= 4 is 16.9 Å². The van der Waals surface area contributed by atoms with Crippen molar-refractivity contribution in [2.24, 2.45) is 0 Å². The van der Waals surface area contributed by atoms with Gasteiger partial charge >= 0.3 is 0 Å². The van der Waals surface area contributed by atoms with Gasteiger partial charge in [-0.2, -0.15) is 0 Å². The summed E-state index contributed by atoms with van der Waals surface area (Å²) >= 11 is 0. The maximum absolute atomic E-state index is 12.8. The molecule has 0 spiro atoms. The Hall–Kier alpha value is -3.02. The Morgan fingerprint density at radius 3 is 2.52 bits per heavy atom. The predicted octanol–water partition coefficient (Wildman–Crippen LogP) is 3.56. The SMILES string of the molecule is COc1ccc(OC2CCN(C(=O)c3ccc4nc(C)[nH]c4c3)CC2)cc1. The first-order chi connectivity index (χ1) is 13.1. The van der Waals surface area contributed by atoms with Crippen molar-refractivity contribution in [3.05, 3.63) is 53.9 Å². The minimum Gasteiger partial charge on any atom is -0.497 e. The topological polar surface area (TPSA) is 67.5 Å². The molecule has 1 aromatic heterocycles. The van der Waals surface area contributed by atoms with Crippen molar-refractivity contribution in [2.45, 2.75) is 25.9 Å². The first-order valence-electron chi connectivity index (χ1n) is 9.19. The van der Waals surface area contributed by atoms with Crippen molar-refractivity contribution < 1.29 is 14.3 Å². The van der Waals surface area contributed by atoms with Gasteiger partial charge in [0.1, 0.15) is 23.4 Å². The molecule has 1 fully saturated rings. The summed E-state index contributed by atoms with van der Waals surface area (Å²) < 4.78 is 11.2. The summed E-state index contributed by atoms with van der Waals surface area (Å²) in [4.78, 5) is 22.3. The first kappa shape index (κ1) is 17.4. The highest BCUT2D eigenvalue weighted by atomic mass is 16.5. The summed E-state index contributed by atoms with van der Waals surface area (Å²) in [6.45, 7) is 3.30. The molecule has 0 saturated carbocycles. The molecule has 0 atom stereocenters. The van der Waals surface area contributed by atoms with Crippen LogP contribution in [0.2, 0.25) is 0 Å². The number of carbonyl (C=O) groups excluding carboxylic acids is 1. The van der Waals surface area contributed by atoms with E-state index in [1.54, 1.807) is 7.11 Å². The smallest absolute Gasteiger partial charge is 0.253 e. The highest BCUT2D eigenvalue weighted by Crippen LogP contribution is 2.23. The number of methoxy groups -OCH3 is 1.